The van der Waals surface area contributed by atoms with Crippen molar-refractivity contribution in [3.63, 3.8) is 0 Å². The summed E-state index contributed by atoms with van der Waals surface area (Å²) in [7, 11) is 1.83. The van der Waals surface area contributed by atoms with Crippen LogP contribution in [0.2, 0.25) is 0 Å². The molecule has 2 rings (SSSR count). The fourth-order valence-corrected chi connectivity index (χ4v) is 1.66. The first-order valence-electron chi connectivity index (χ1n) is 5.03. The predicted octanol–water partition coefficient (Wildman–Crippen LogP) is 0.254. The van der Waals surface area contributed by atoms with Gasteiger partial charge in [-0.2, -0.15) is 10.2 Å². The lowest BCUT2D eigenvalue weighted by atomic mass is 10.3. The van der Waals surface area contributed by atoms with Crippen LogP contribution in [0.1, 0.15) is 21.9 Å². The minimum atomic E-state index is -1.12. The lowest BCUT2D eigenvalue weighted by molar-refractivity contribution is 0.0690. The number of nitrogens with two attached hydrogens (primary N) is 1. The van der Waals surface area contributed by atoms with Gasteiger partial charge in [0.15, 0.2) is 5.69 Å². The van der Waals surface area contributed by atoms with E-state index in [1.165, 1.54) is 10.9 Å². The summed E-state index contributed by atoms with van der Waals surface area (Å²) in [6.45, 7) is 2.33. The van der Waals surface area contributed by atoms with E-state index in [1.54, 1.807) is 4.68 Å². The Morgan fingerprint density at radius 3 is 2.71 bits per heavy atom. The number of aromatic nitrogens is 4. The Kier molecular flexibility index (Phi) is 2.58. The molecule has 7 nitrogen and oxygen atoms in total. The molecule has 0 aromatic carbocycles. The summed E-state index contributed by atoms with van der Waals surface area (Å²) in [4.78, 5) is 10.8. The van der Waals surface area contributed by atoms with Gasteiger partial charge in [-0.15, -0.1) is 0 Å². The third kappa shape index (κ3) is 2.12. The molecule has 3 N–H and O–H groups in total. The number of rotatable bonds is 3. The maximum atomic E-state index is 10.8. The third-order valence-corrected chi connectivity index (χ3v) is 2.42. The van der Waals surface area contributed by atoms with Gasteiger partial charge >= 0.3 is 5.97 Å². The van der Waals surface area contributed by atoms with Crippen LogP contribution in [0.5, 0.6) is 0 Å². The molecule has 0 spiro atoms. The number of nitrogens with zero attached hydrogens (tertiary/aromatic N) is 4. The summed E-state index contributed by atoms with van der Waals surface area (Å²) >= 11 is 0. The van der Waals surface area contributed by atoms with Crippen LogP contribution in [0, 0.1) is 6.92 Å². The summed E-state index contributed by atoms with van der Waals surface area (Å²) in [6.07, 6.45) is 1.51. The molecule has 0 radical (unpaired) electrons. The lowest BCUT2D eigenvalue weighted by Crippen LogP contribution is -2.07. The molecular weight excluding hydrogens is 222 g/mol. The highest BCUT2D eigenvalue weighted by Gasteiger charge is 2.14. The van der Waals surface area contributed by atoms with Crippen molar-refractivity contribution in [2.24, 2.45) is 7.05 Å². The van der Waals surface area contributed by atoms with Crippen LogP contribution in [0.4, 0.5) is 5.69 Å². The Morgan fingerprint density at radius 1 is 1.53 bits per heavy atom. The fourth-order valence-electron chi connectivity index (χ4n) is 1.66. The van der Waals surface area contributed by atoms with Crippen molar-refractivity contribution in [3.8, 4) is 0 Å². The summed E-state index contributed by atoms with van der Waals surface area (Å²) in [6, 6.07) is 1.91. The Balaban J connectivity index is 2.28. The molecule has 2 aromatic rings. The van der Waals surface area contributed by atoms with Crippen molar-refractivity contribution in [2.45, 2.75) is 13.5 Å². The zero-order chi connectivity index (χ0) is 12.6. The zero-order valence-electron chi connectivity index (χ0n) is 9.58. The fraction of sp³-hybridized carbons (Fsp3) is 0.300. The molecule has 0 amide bonds. The summed E-state index contributed by atoms with van der Waals surface area (Å²) in [5, 5.41) is 16.9. The van der Waals surface area contributed by atoms with E-state index < -0.39 is 5.97 Å². The van der Waals surface area contributed by atoms with Crippen molar-refractivity contribution < 1.29 is 9.90 Å². The zero-order valence-corrected chi connectivity index (χ0v) is 9.58. The number of nitrogen functional groups attached to an aromatic ring is 1. The smallest absolute Gasteiger partial charge is 0.358 e. The molecule has 0 saturated carbocycles. The first kappa shape index (κ1) is 11.2. The van der Waals surface area contributed by atoms with Crippen LogP contribution < -0.4 is 5.73 Å². The van der Waals surface area contributed by atoms with Gasteiger partial charge in [0.2, 0.25) is 0 Å². The minimum absolute atomic E-state index is 0.121. The second-order valence-electron chi connectivity index (χ2n) is 3.84. The number of hydrogen-bond donors (Lipinski definition) is 2. The van der Waals surface area contributed by atoms with Crippen molar-refractivity contribution in [1.82, 2.24) is 19.6 Å². The maximum Gasteiger partial charge on any atom is 0.358 e. The molecule has 0 aliphatic heterocycles. The van der Waals surface area contributed by atoms with Gasteiger partial charge < -0.3 is 10.8 Å². The van der Waals surface area contributed by atoms with Crippen LogP contribution in [0.3, 0.4) is 0 Å². The van der Waals surface area contributed by atoms with Gasteiger partial charge in [-0.3, -0.25) is 9.36 Å². The van der Waals surface area contributed by atoms with Gasteiger partial charge in [0.1, 0.15) is 0 Å². The molecule has 0 saturated heterocycles. The van der Waals surface area contributed by atoms with Crippen molar-refractivity contribution in [2.75, 3.05) is 5.73 Å². The maximum absolute atomic E-state index is 10.8. The predicted molar refractivity (Wildman–Crippen MR) is 60.6 cm³/mol. The van der Waals surface area contributed by atoms with Crippen molar-refractivity contribution in [3.05, 3.63) is 29.3 Å². The first-order chi connectivity index (χ1) is 7.97. The monoisotopic (exact) mass is 235 g/mol. The van der Waals surface area contributed by atoms with Gasteiger partial charge in [0.25, 0.3) is 0 Å². The SMILES string of the molecule is Cc1cc(Cn2cc(N)c(C(=O)O)n2)n(C)n1. The number of carboxylic acid groups (broad SMARTS) is 1. The molecule has 2 heterocycles. The highest BCUT2D eigenvalue weighted by atomic mass is 16.4. The van der Waals surface area contributed by atoms with Gasteiger partial charge in [-0.05, 0) is 13.0 Å². The Labute approximate surface area is 97.5 Å². The molecule has 90 valence electrons. The van der Waals surface area contributed by atoms with E-state index in [1.807, 2.05) is 20.0 Å². The lowest BCUT2D eigenvalue weighted by Gasteiger charge is -2.01. The number of aromatic carboxylic acids is 1. The van der Waals surface area contributed by atoms with Crippen LogP contribution in [-0.4, -0.2) is 30.6 Å². The Morgan fingerprint density at radius 2 is 2.24 bits per heavy atom. The topological polar surface area (TPSA) is 99.0 Å². The highest BCUT2D eigenvalue weighted by Crippen LogP contribution is 2.11. The normalized spacial score (nSPS) is 10.7. The molecule has 17 heavy (non-hydrogen) atoms. The van der Waals surface area contributed by atoms with Gasteiger partial charge in [0, 0.05) is 13.2 Å². The minimum Gasteiger partial charge on any atom is -0.476 e. The Hall–Kier alpha value is -2.31. The molecule has 2 aromatic heterocycles. The quantitative estimate of drug-likeness (QED) is 0.794. The molecule has 0 unspecified atom stereocenters. The van der Waals surface area contributed by atoms with E-state index >= 15 is 0 Å². The molecular formula is C10H13N5O2. The van der Waals surface area contributed by atoms with Crippen LogP contribution in [0.25, 0.3) is 0 Å². The molecule has 0 bridgehead atoms. The van der Waals surface area contributed by atoms with Crippen molar-refractivity contribution in [1.29, 1.82) is 0 Å². The number of anilines is 1. The molecule has 7 heteroatoms. The highest BCUT2D eigenvalue weighted by molar-refractivity contribution is 5.91. The average Bonchev–Trinajstić information content (AvgIpc) is 2.71. The number of hydrogen-bond acceptors (Lipinski definition) is 4. The van der Waals surface area contributed by atoms with Crippen LogP contribution in [-0.2, 0) is 13.6 Å². The molecule has 0 aliphatic carbocycles. The molecule has 0 atom stereocenters. The molecule has 0 fully saturated rings. The number of carbonyl (C=O) groups is 1. The number of aryl methyl sites for hydroxylation is 2. The van der Waals surface area contributed by atoms with Crippen LogP contribution in [0.15, 0.2) is 12.3 Å². The van der Waals surface area contributed by atoms with Crippen LogP contribution >= 0.6 is 0 Å². The second-order valence-corrected chi connectivity index (χ2v) is 3.84. The van der Waals surface area contributed by atoms with E-state index in [-0.39, 0.29) is 11.4 Å². The van der Waals surface area contributed by atoms with Gasteiger partial charge in [0.05, 0.1) is 23.6 Å². The largest absolute Gasteiger partial charge is 0.476 e. The first-order valence-corrected chi connectivity index (χ1v) is 5.03. The Bertz CT molecular complexity index is 569. The molecule has 0 aliphatic rings. The third-order valence-electron chi connectivity index (χ3n) is 2.42. The number of carboxylic acids is 1. The second kappa shape index (κ2) is 3.93. The van der Waals surface area contributed by atoms with E-state index in [0.29, 0.717) is 6.54 Å². The van der Waals surface area contributed by atoms with E-state index in [9.17, 15) is 4.79 Å². The summed E-state index contributed by atoms with van der Waals surface area (Å²) < 4.78 is 3.23. The summed E-state index contributed by atoms with van der Waals surface area (Å²) in [5.74, 6) is -1.12. The van der Waals surface area contributed by atoms with Crippen molar-refractivity contribution >= 4 is 11.7 Å². The average molecular weight is 235 g/mol. The van der Waals surface area contributed by atoms with Gasteiger partial charge in [-0.1, -0.05) is 0 Å². The van der Waals surface area contributed by atoms with Gasteiger partial charge in [-0.25, -0.2) is 4.79 Å². The van der Waals surface area contributed by atoms with E-state index in [2.05, 4.69) is 10.2 Å². The summed E-state index contributed by atoms with van der Waals surface area (Å²) in [5.41, 5.74) is 7.43. The van der Waals surface area contributed by atoms with E-state index in [0.717, 1.165) is 11.4 Å². The standard InChI is InChI=1S/C10H13N5O2/c1-6-3-7(14(2)12-6)4-15-5-8(11)9(13-15)10(16)17/h3,5H,4,11H2,1-2H3,(H,16,17). The van der Waals surface area contributed by atoms with E-state index in [4.69, 9.17) is 10.8 Å².